The van der Waals surface area contributed by atoms with Crippen LogP contribution in [0.25, 0.3) is 10.9 Å². The zero-order valence-electron chi connectivity index (χ0n) is 14.1. The summed E-state index contributed by atoms with van der Waals surface area (Å²) in [7, 11) is 0. The lowest BCUT2D eigenvalue weighted by atomic mass is 10.1. The molecule has 0 radical (unpaired) electrons. The Bertz CT molecular complexity index is 649. The number of rotatable bonds is 7. The molecular formula is C18H27N3O2. The predicted molar refractivity (Wildman–Crippen MR) is 93.6 cm³/mol. The fraction of sp³-hybridized carbons (Fsp3) is 0.500. The van der Waals surface area contributed by atoms with Crippen LogP contribution in [-0.4, -0.2) is 35.3 Å². The number of urea groups is 1. The maximum atomic E-state index is 11.7. The lowest BCUT2D eigenvalue weighted by Crippen LogP contribution is -2.40. The van der Waals surface area contributed by atoms with Gasteiger partial charge < -0.3 is 20.7 Å². The molecule has 4 N–H and O–H groups in total. The van der Waals surface area contributed by atoms with Gasteiger partial charge in [0.25, 0.3) is 0 Å². The standard InChI is InChI=1S/C18H27N3O2/c1-12(2)9-15(22)11-21-18(23)19-8-7-14-10-20-17-13(3)5-4-6-16(14)17/h4-6,10,12,15,20,22H,7-9,11H2,1-3H3,(H2,19,21,23). The van der Waals surface area contributed by atoms with Crippen molar-refractivity contribution in [3.63, 3.8) is 0 Å². The van der Waals surface area contributed by atoms with E-state index in [-0.39, 0.29) is 12.6 Å². The number of carbonyl (C=O) groups excluding carboxylic acids is 1. The number of para-hydroxylation sites is 1. The van der Waals surface area contributed by atoms with Gasteiger partial charge in [0.2, 0.25) is 0 Å². The van der Waals surface area contributed by atoms with Crippen molar-refractivity contribution in [2.24, 2.45) is 5.92 Å². The average molecular weight is 317 g/mol. The Hall–Kier alpha value is -2.01. The Labute approximate surface area is 137 Å². The van der Waals surface area contributed by atoms with Crippen LogP contribution in [0.15, 0.2) is 24.4 Å². The van der Waals surface area contributed by atoms with Crippen molar-refractivity contribution in [1.82, 2.24) is 15.6 Å². The molecule has 5 nitrogen and oxygen atoms in total. The van der Waals surface area contributed by atoms with E-state index in [0.717, 1.165) is 11.9 Å². The van der Waals surface area contributed by atoms with Crippen LogP contribution >= 0.6 is 0 Å². The van der Waals surface area contributed by atoms with Crippen LogP contribution in [0.4, 0.5) is 4.79 Å². The van der Waals surface area contributed by atoms with Crippen LogP contribution in [-0.2, 0) is 6.42 Å². The van der Waals surface area contributed by atoms with Gasteiger partial charge in [0, 0.05) is 30.2 Å². The minimum atomic E-state index is -0.489. The van der Waals surface area contributed by atoms with Crippen LogP contribution < -0.4 is 10.6 Å². The third-order valence-electron chi connectivity index (χ3n) is 3.93. The van der Waals surface area contributed by atoms with Crippen LogP contribution in [0, 0.1) is 12.8 Å². The van der Waals surface area contributed by atoms with E-state index in [1.165, 1.54) is 16.5 Å². The van der Waals surface area contributed by atoms with E-state index >= 15 is 0 Å². The lowest BCUT2D eigenvalue weighted by Gasteiger charge is -2.14. The summed E-state index contributed by atoms with van der Waals surface area (Å²) in [5, 5.41) is 16.5. The summed E-state index contributed by atoms with van der Waals surface area (Å²) in [5.41, 5.74) is 3.58. The van der Waals surface area contributed by atoms with Crippen molar-refractivity contribution in [3.8, 4) is 0 Å². The van der Waals surface area contributed by atoms with Gasteiger partial charge >= 0.3 is 6.03 Å². The van der Waals surface area contributed by atoms with E-state index in [9.17, 15) is 9.90 Å². The number of carbonyl (C=O) groups is 1. The van der Waals surface area contributed by atoms with Crippen LogP contribution in [0.2, 0.25) is 0 Å². The molecule has 1 unspecified atom stereocenters. The second-order valence-electron chi connectivity index (χ2n) is 6.48. The summed E-state index contributed by atoms with van der Waals surface area (Å²) in [4.78, 5) is 15.0. The van der Waals surface area contributed by atoms with Crippen molar-refractivity contribution in [2.45, 2.75) is 39.7 Å². The molecule has 0 aliphatic heterocycles. The molecule has 1 heterocycles. The van der Waals surface area contributed by atoms with Gasteiger partial charge in [0.05, 0.1) is 6.10 Å². The maximum Gasteiger partial charge on any atom is 0.314 e. The molecule has 0 saturated heterocycles. The number of aliphatic hydroxyl groups excluding tert-OH is 1. The number of aliphatic hydroxyl groups is 1. The summed E-state index contributed by atoms with van der Waals surface area (Å²) < 4.78 is 0. The smallest absolute Gasteiger partial charge is 0.314 e. The van der Waals surface area contributed by atoms with Crippen molar-refractivity contribution >= 4 is 16.9 Å². The van der Waals surface area contributed by atoms with E-state index in [1.54, 1.807) is 0 Å². The number of fused-ring (bicyclic) bond motifs is 1. The molecule has 1 aromatic carbocycles. The monoisotopic (exact) mass is 317 g/mol. The summed E-state index contributed by atoms with van der Waals surface area (Å²) in [6, 6.07) is 5.99. The number of benzene rings is 1. The number of hydrogen-bond donors (Lipinski definition) is 4. The highest BCUT2D eigenvalue weighted by Crippen LogP contribution is 2.21. The fourth-order valence-electron chi connectivity index (χ4n) is 2.78. The molecule has 2 rings (SSSR count). The molecule has 2 amide bonds. The molecule has 1 aromatic heterocycles. The van der Waals surface area contributed by atoms with Gasteiger partial charge in [-0.25, -0.2) is 4.79 Å². The molecule has 0 aliphatic carbocycles. The first-order valence-electron chi connectivity index (χ1n) is 8.22. The second-order valence-corrected chi connectivity index (χ2v) is 6.48. The number of amides is 2. The minimum Gasteiger partial charge on any atom is -0.391 e. The molecule has 0 fully saturated rings. The molecule has 0 spiro atoms. The maximum absolute atomic E-state index is 11.7. The number of aryl methyl sites for hydroxylation is 1. The van der Waals surface area contributed by atoms with Crippen molar-refractivity contribution in [1.29, 1.82) is 0 Å². The van der Waals surface area contributed by atoms with E-state index in [1.807, 2.05) is 26.1 Å². The van der Waals surface area contributed by atoms with E-state index in [0.29, 0.717) is 18.9 Å². The van der Waals surface area contributed by atoms with Crippen molar-refractivity contribution in [2.75, 3.05) is 13.1 Å². The van der Waals surface area contributed by atoms with Crippen molar-refractivity contribution in [3.05, 3.63) is 35.5 Å². The zero-order chi connectivity index (χ0) is 16.8. The molecule has 126 valence electrons. The molecule has 1 atom stereocenters. The molecule has 23 heavy (non-hydrogen) atoms. The Morgan fingerprint density at radius 2 is 2.09 bits per heavy atom. The van der Waals surface area contributed by atoms with Gasteiger partial charge in [0.15, 0.2) is 0 Å². The summed E-state index contributed by atoms with van der Waals surface area (Å²) in [6.07, 6.45) is 2.97. The first kappa shape index (κ1) is 17.3. The second kappa shape index (κ2) is 8.02. The number of aromatic amines is 1. The van der Waals surface area contributed by atoms with E-state index in [4.69, 9.17) is 0 Å². The van der Waals surface area contributed by atoms with Crippen LogP contribution in [0.1, 0.15) is 31.4 Å². The van der Waals surface area contributed by atoms with E-state index < -0.39 is 6.10 Å². The van der Waals surface area contributed by atoms with E-state index in [2.05, 4.69) is 34.7 Å². The molecule has 5 heteroatoms. The lowest BCUT2D eigenvalue weighted by molar-refractivity contribution is 0.147. The summed E-state index contributed by atoms with van der Waals surface area (Å²) in [6.45, 7) is 7.03. The highest BCUT2D eigenvalue weighted by molar-refractivity contribution is 5.85. The first-order valence-corrected chi connectivity index (χ1v) is 8.22. The molecule has 2 aromatic rings. The Balaban J connectivity index is 1.76. The largest absolute Gasteiger partial charge is 0.391 e. The van der Waals surface area contributed by atoms with Gasteiger partial charge in [-0.1, -0.05) is 32.0 Å². The SMILES string of the molecule is Cc1cccc2c(CCNC(=O)NCC(O)CC(C)C)c[nH]c12. The number of H-pyrrole nitrogens is 1. The Kier molecular flexibility index (Phi) is 6.04. The topological polar surface area (TPSA) is 77.2 Å². The molecule has 0 bridgehead atoms. The fourth-order valence-corrected chi connectivity index (χ4v) is 2.78. The zero-order valence-corrected chi connectivity index (χ0v) is 14.1. The molecular weight excluding hydrogens is 290 g/mol. The third-order valence-corrected chi connectivity index (χ3v) is 3.93. The van der Waals surface area contributed by atoms with Crippen LogP contribution in [0.5, 0.6) is 0 Å². The van der Waals surface area contributed by atoms with Gasteiger partial charge in [-0.15, -0.1) is 0 Å². The predicted octanol–water partition coefficient (Wildman–Crippen LogP) is 2.73. The molecule has 0 aliphatic rings. The van der Waals surface area contributed by atoms with Gasteiger partial charge in [-0.05, 0) is 36.8 Å². The highest BCUT2D eigenvalue weighted by atomic mass is 16.3. The number of hydrogen-bond acceptors (Lipinski definition) is 2. The Morgan fingerprint density at radius 3 is 2.83 bits per heavy atom. The van der Waals surface area contributed by atoms with Gasteiger partial charge in [-0.2, -0.15) is 0 Å². The quantitative estimate of drug-likeness (QED) is 0.634. The molecule has 0 saturated carbocycles. The van der Waals surface area contributed by atoms with Gasteiger partial charge in [-0.3, -0.25) is 0 Å². The Morgan fingerprint density at radius 1 is 1.30 bits per heavy atom. The normalized spacial score (nSPS) is 12.6. The van der Waals surface area contributed by atoms with Gasteiger partial charge in [0.1, 0.15) is 0 Å². The van der Waals surface area contributed by atoms with Crippen LogP contribution in [0.3, 0.4) is 0 Å². The first-order chi connectivity index (χ1) is 11.0. The highest BCUT2D eigenvalue weighted by Gasteiger charge is 2.09. The number of nitrogens with one attached hydrogen (secondary N) is 3. The number of aromatic nitrogens is 1. The van der Waals surface area contributed by atoms with Crippen molar-refractivity contribution < 1.29 is 9.90 Å². The summed E-state index contributed by atoms with van der Waals surface area (Å²) in [5.74, 6) is 0.417. The third kappa shape index (κ3) is 4.99. The average Bonchev–Trinajstić information content (AvgIpc) is 2.89. The minimum absolute atomic E-state index is 0.233. The summed E-state index contributed by atoms with van der Waals surface area (Å²) >= 11 is 0.